The van der Waals surface area contributed by atoms with Crippen molar-refractivity contribution >= 4 is 5.82 Å². The number of hydrogen-bond donors (Lipinski definition) is 2. The minimum atomic E-state index is -0.567. The van der Waals surface area contributed by atoms with Gasteiger partial charge in [-0.1, -0.05) is 0 Å². The van der Waals surface area contributed by atoms with Crippen LogP contribution in [0.4, 0.5) is 10.2 Å². The highest BCUT2D eigenvalue weighted by atomic mass is 19.1. The normalized spacial score (nSPS) is 11.4. The summed E-state index contributed by atoms with van der Waals surface area (Å²) in [6.45, 7) is 3.89. The summed E-state index contributed by atoms with van der Waals surface area (Å²) in [5.41, 5.74) is -0.310. The number of halogens is 1. The van der Waals surface area contributed by atoms with E-state index in [0.717, 1.165) is 6.33 Å². The highest BCUT2D eigenvalue weighted by Crippen LogP contribution is 2.15. The molecule has 0 radical (unpaired) electrons. The van der Waals surface area contributed by atoms with Crippen molar-refractivity contribution in [2.75, 3.05) is 11.9 Å². The molecular weight excluding hydrogens is 185 g/mol. The van der Waals surface area contributed by atoms with Crippen LogP contribution in [0.5, 0.6) is 0 Å². The lowest BCUT2D eigenvalue weighted by Gasteiger charge is -2.25. The van der Waals surface area contributed by atoms with Crippen LogP contribution < -0.4 is 5.32 Å². The van der Waals surface area contributed by atoms with Crippen LogP contribution in [0.15, 0.2) is 12.4 Å². The molecular formula is C9H14FN3O. The molecule has 1 aromatic heterocycles. The minimum absolute atomic E-state index is 0.0770. The van der Waals surface area contributed by atoms with Crippen LogP contribution >= 0.6 is 0 Å². The van der Waals surface area contributed by atoms with Crippen molar-refractivity contribution in [3.8, 4) is 0 Å². The molecule has 1 rings (SSSR count). The molecule has 0 spiro atoms. The molecule has 78 valence electrons. The second-order valence-electron chi connectivity index (χ2n) is 3.71. The largest absolute Gasteiger partial charge is 0.396 e. The molecule has 0 amide bonds. The number of aliphatic hydroxyl groups excluding tert-OH is 1. The predicted octanol–water partition coefficient (Wildman–Crippen LogP) is 1.19. The summed E-state index contributed by atoms with van der Waals surface area (Å²) in [5.74, 6) is -0.141. The van der Waals surface area contributed by atoms with Gasteiger partial charge in [0.25, 0.3) is 0 Å². The molecule has 0 atom stereocenters. The third kappa shape index (κ3) is 3.26. The van der Waals surface area contributed by atoms with Crippen LogP contribution in [0.25, 0.3) is 0 Å². The second kappa shape index (κ2) is 4.32. The maximum atomic E-state index is 12.7. The van der Waals surface area contributed by atoms with Crippen LogP contribution in [0.1, 0.15) is 20.3 Å². The van der Waals surface area contributed by atoms with Crippen LogP contribution in [-0.2, 0) is 0 Å². The van der Waals surface area contributed by atoms with Gasteiger partial charge >= 0.3 is 0 Å². The first-order chi connectivity index (χ1) is 6.53. The van der Waals surface area contributed by atoms with E-state index in [0.29, 0.717) is 12.2 Å². The Morgan fingerprint density at radius 2 is 2.21 bits per heavy atom. The fourth-order valence-corrected chi connectivity index (χ4v) is 1.09. The van der Waals surface area contributed by atoms with Gasteiger partial charge < -0.3 is 10.4 Å². The summed E-state index contributed by atoms with van der Waals surface area (Å²) in [6, 6.07) is 1.22. The Morgan fingerprint density at radius 3 is 2.79 bits per heavy atom. The summed E-state index contributed by atoms with van der Waals surface area (Å²) in [7, 11) is 0. The monoisotopic (exact) mass is 199 g/mol. The molecule has 4 nitrogen and oxygen atoms in total. The zero-order valence-electron chi connectivity index (χ0n) is 8.29. The van der Waals surface area contributed by atoms with Gasteiger partial charge in [0.2, 0.25) is 5.95 Å². The first-order valence-electron chi connectivity index (χ1n) is 4.40. The van der Waals surface area contributed by atoms with Crippen LogP contribution in [0, 0.1) is 5.95 Å². The van der Waals surface area contributed by atoms with Gasteiger partial charge in [-0.15, -0.1) is 0 Å². The molecule has 1 heterocycles. The lowest BCUT2D eigenvalue weighted by molar-refractivity contribution is 0.260. The zero-order chi connectivity index (χ0) is 10.6. The van der Waals surface area contributed by atoms with Gasteiger partial charge in [-0.2, -0.15) is 4.39 Å². The Labute approximate surface area is 82.2 Å². The van der Waals surface area contributed by atoms with Crippen LogP contribution in [-0.4, -0.2) is 27.2 Å². The van der Waals surface area contributed by atoms with Gasteiger partial charge in [-0.25, -0.2) is 9.97 Å². The number of anilines is 1. The van der Waals surface area contributed by atoms with Crippen molar-refractivity contribution < 1.29 is 9.50 Å². The first kappa shape index (κ1) is 10.8. The molecule has 0 aromatic carbocycles. The van der Waals surface area contributed by atoms with Gasteiger partial charge in [-0.05, 0) is 20.3 Å². The Bertz CT molecular complexity index is 304. The van der Waals surface area contributed by atoms with Crippen molar-refractivity contribution in [1.82, 2.24) is 9.97 Å². The van der Waals surface area contributed by atoms with E-state index in [2.05, 4.69) is 15.3 Å². The third-order valence-corrected chi connectivity index (χ3v) is 1.84. The van der Waals surface area contributed by atoms with Crippen molar-refractivity contribution in [3.63, 3.8) is 0 Å². The number of aromatic nitrogens is 2. The third-order valence-electron chi connectivity index (χ3n) is 1.84. The molecule has 0 saturated heterocycles. The fraction of sp³-hybridized carbons (Fsp3) is 0.556. The quantitative estimate of drug-likeness (QED) is 0.715. The standard InChI is InChI=1S/C9H14FN3O/c1-9(2,3-4-14)13-8-5-7(10)11-6-12-8/h5-6,14H,3-4H2,1-2H3,(H,11,12,13). The predicted molar refractivity (Wildman–Crippen MR) is 51.4 cm³/mol. The molecule has 0 aliphatic heterocycles. The SMILES string of the molecule is CC(C)(CCO)Nc1cc(F)ncn1. The number of hydrogen-bond acceptors (Lipinski definition) is 4. The van der Waals surface area contributed by atoms with E-state index in [1.807, 2.05) is 13.8 Å². The van der Waals surface area contributed by atoms with E-state index in [9.17, 15) is 4.39 Å². The first-order valence-corrected chi connectivity index (χ1v) is 4.40. The van der Waals surface area contributed by atoms with Crippen LogP contribution in [0.3, 0.4) is 0 Å². The molecule has 0 bridgehead atoms. The molecule has 0 fully saturated rings. The van der Waals surface area contributed by atoms with Crippen molar-refractivity contribution in [2.45, 2.75) is 25.8 Å². The van der Waals surface area contributed by atoms with Gasteiger partial charge in [-0.3, -0.25) is 0 Å². The summed E-state index contributed by atoms with van der Waals surface area (Å²) in [6.07, 6.45) is 1.73. The summed E-state index contributed by atoms with van der Waals surface area (Å²) in [5, 5.41) is 11.8. The average Bonchev–Trinajstić information content (AvgIpc) is 2.02. The highest BCUT2D eigenvalue weighted by Gasteiger charge is 2.17. The Morgan fingerprint density at radius 1 is 1.50 bits per heavy atom. The summed E-state index contributed by atoms with van der Waals surface area (Å²) < 4.78 is 12.7. The van der Waals surface area contributed by atoms with Gasteiger partial charge in [0.15, 0.2) is 0 Å². The van der Waals surface area contributed by atoms with Gasteiger partial charge in [0.1, 0.15) is 12.1 Å². The summed E-state index contributed by atoms with van der Waals surface area (Å²) in [4.78, 5) is 7.21. The van der Waals surface area contributed by atoms with Gasteiger partial charge in [0.05, 0.1) is 0 Å². The van der Waals surface area contributed by atoms with E-state index in [-0.39, 0.29) is 12.1 Å². The number of nitrogens with zero attached hydrogens (tertiary/aromatic N) is 2. The maximum Gasteiger partial charge on any atom is 0.217 e. The lowest BCUT2D eigenvalue weighted by atomic mass is 10.0. The Hall–Kier alpha value is -1.23. The molecule has 14 heavy (non-hydrogen) atoms. The van der Waals surface area contributed by atoms with E-state index >= 15 is 0 Å². The second-order valence-corrected chi connectivity index (χ2v) is 3.71. The molecule has 2 N–H and O–H groups in total. The van der Waals surface area contributed by atoms with Crippen molar-refractivity contribution in [2.24, 2.45) is 0 Å². The molecule has 5 heteroatoms. The van der Waals surface area contributed by atoms with Crippen molar-refractivity contribution in [1.29, 1.82) is 0 Å². The van der Waals surface area contributed by atoms with Crippen LogP contribution in [0.2, 0.25) is 0 Å². The fourth-order valence-electron chi connectivity index (χ4n) is 1.09. The number of aliphatic hydroxyl groups is 1. The topological polar surface area (TPSA) is 58.0 Å². The lowest BCUT2D eigenvalue weighted by Crippen LogP contribution is -2.32. The highest BCUT2D eigenvalue weighted by molar-refractivity contribution is 5.35. The minimum Gasteiger partial charge on any atom is -0.396 e. The van der Waals surface area contributed by atoms with E-state index in [1.165, 1.54) is 6.07 Å². The Kier molecular flexibility index (Phi) is 3.35. The van der Waals surface area contributed by atoms with Gasteiger partial charge in [0, 0.05) is 18.2 Å². The molecule has 0 aliphatic carbocycles. The molecule has 0 saturated carbocycles. The average molecular weight is 199 g/mol. The van der Waals surface area contributed by atoms with E-state index < -0.39 is 5.95 Å². The zero-order valence-corrected chi connectivity index (χ0v) is 8.29. The number of nitrogens with one attached hydrogen (secondary N) is 1. The molecule has 0 unspecified atom stereocenters. The summed E-state index contributed by atoms with van der Waals surface area (Å²) >= 11 is 0. The Balaban J connectivity index is 2.68. The number of rotatable bonds is 4. The molecule has 0 aliphatic rings. The maximum absolute atomic E-state index is 12.7. The molecule has 1 aromatic rings. The van der Waals surface area contributed by atoms with E-state index in [4.69, 9.17) is 5.11 Å². The smallest absolute Gasteiger partial charge is 0.217 e. The van der Waals surface area contributed by atoms with Crippen molar-refractivity contribution in [3.05, 3.63) is 18.3 Å². The van der Waals surface area contributed by atoms with E-state index in [1.54, 1.807) is 0 Å².